The molecule has 1 rings (SSSR count). The van der Waals surface area contributed by atoms with Gasteiger partial charge >= 0.3 is 0 Å². The van der Waals surface area contributed by atoms with E-state index < -0.39 is 5.91 Å². The van der Waals surface area contributed by atoms with Crippen molar-refractivity contribution in [1.29, 1.82) is 0 Å². The average Bonchev–Trinajstić information content (AvgIpc) is 2.19. The summed E-state index contributed by atoms with van der Waals surface area (Å²) in [5.41, 5.74) is 6.47. The second-order valence-electron chi connectivity index (χ2n) is 4.16. The first kappa shape index (κ1) is 12.8. The van der Waals surface area contributed by atoms with Crippen LogP contribution in [-0.4, -0.2) is 12.5 Å². The first-order valence-electron chi connectivity index (χ1n) is 5.34. The highest BCUT2D eigenvalue weighted by Gasteiger charge is 2.08. The molecule has 1 aromatic carbocycles. The highest BCUT2D eigenvalue weighted by molar-refractivity contribution is 6.31. The number of amides is 1. The summed E-state index contributed by atoms with van der Waals surface area (Å²) in [7, 11) is 0. The molecule has 4 heteroatoms. The summed E-state index contributed by atoms with van der Waals surface area (Å²) in [5, 5.41) is 3.71. The summed E-state index contributed by atoms with van der Waals surface area (Å²) in [5.74, 6) is 0.159. The maximum absolute atomic E-state index is 11.2. The Bertz CT molecular complexity index is 377. The maximum Gasteiger partial charge on any atom is 0.250 e. The van der Waals surface area contributed by atoms with Crippen LogP contribution in [0.5, 0.6) is 0 Å². The zero-order chi connectivity index (χ0) is 12.1. The molecule has 0 fully saturated rings. The van der Waals surface area contributed by atoms with Gasteiger partial charge in [0.05, 0.1) is 5.56 Å². The van der Waals surface area contributed by atoms with Crippen molar-refractivity contribution in [1.82, 2.24) is 0 Å². The van der Waals surface area contributed by atoms with Crippen LogP contribution in [0.1, 0.15) is 30.6 Å². The van der Waals surface area contributed by atoms with Gasteiger partial charge in [-0.25, -0.2) is 0 Å². The molecule has 0 aliphatic heterocycles. The fraction of sp³-hybridized carbons (Fsp3) is 0.417. The summed E-state index contributed by atoms with van der Waals surface area (Å²) in [4.78, 5) is 11.2. The van der Waals surface area contributed by atoms with Gasteiger partial charge in [-0.3, -0.25) is 4.79 Å². The van der Waals surface area contributed by atoms with Crippen LogP contribution in [0.15, 0.2) is 18.2 Å². The molecule has 3 nitrogen and oxygen atoms in total. The van der Waals surface area contributed by atoms with Crippen molar-refractivity contribution in [2.45, 2.75) is 20.3 Å². The van der Waals surface area contributed by atoms with Gasteiger partial charge in [-0.05, 0) is 30.5 Å². The minimum Gasteiger partial charge on any atom is -0.384 e. The van der Waals surface area contributed by atoms with Gasteiger partial charge in [0.15, 0.2) is 0 Å². The number of hydrogen-bond acceptors (Lipinski definition) is 2. The normalized spacial score (nSPS) is 10.5. The molecule has 0 aliphatic carbocycles. The van der Waals surface area contributed by atoms with E-state index in [-0.39, 0.29) is 0 Å². The number of rotatable bonds is 5. The molecule has 0 bridgehead atoms. The molecule has 0 saturated heterocycles. The zero-order valence-corrected chi connectivity index (χ0v) is 10.3. The Labute approximate surface area is 101 Å². The van der Waals surface area contributed by atoms with Gasteiger partial charge in [0, 0.05) is 17.3 Å². The van der Waals surface area contributed by atoms with E-state index in [4.69, 9.17) is 17.3 Å². The Morgan fingerprint density at radius 1 is 1.50 bits per heavy atom. The fourth-order valence-corrected chi connectivity index (χ4v) is 1.54. The lowest BCUT2D eigenvalue weighted by molar-refractivity contribution is 0.100. The van der Waals surface area contributed by atoms with Crippen molar-refractivity contribution in [3.8, 4) is 0 Å². The molecule has 0 saturated carbocycles. The smallest absolute Gasteiger partial charge is 0.250 e. The quantitative estimate of drug-likeness (QED) is 0.832. The van der Waals surface area contributed by atoms with Gasteiger partial charge in [-0.15, -0.1) is 0 Å². The van der Waals surface area contributed by atoms with E-state index in [1.165, 1.54) is 0 Å². The first-order chi connectivity index (χ1) is 7.50. The minimum absolute atomic E-state index is 0.441. The number of primary amides is 1. The molecule has 3 N–H and O–H groups in total. The van der Waals surface area contributed by atoms with Gasteiger partial charge in [-0.2, -0.15) is 0 Å². The lowest BCUT2D eigenvalue weighted by atomic mass is 10.1. The lowest BCUT2D eigenvalue weighted by Gasteiger charge is -2.11. The molecule has 16 heavy (non-hydrogen) atoms. The third kappa shape index (κ3) is 3.74. The molecular formula is C12H17ClN2O. The van der Waals surface area contributed by atoms with Crippen molar-refractivity contribution in [2.24, 2.45) is 11.7 Å². The molecule has 0 heterocycles. The zero-order valence-electron chi connectivity index (χ0n) is 9.59. The number of nitrogens with one attached hydrogen (secondary N) is 1. The summed E-state index contributed by atoms with van der Waals surface area (Å²) in [6, 6.07) is 5.11. The summed E-state index contributed by atoms with van der Waals surface area (Å²) in [6.07, 6.45) is 1.04. The summed E-state index contributed by atoms with van der Waals surface area (Å²) < 4.78 is 0. The van der Waals surface area contributed by atoms with Crippen molar-refractivity contribution in [3.63, 3.8) is 0 Å². The van der Waals surface area contributed by atoms with Crippen molar-refractivity contribution in [3.05, 3.63) is 28.8 Å². The van der Waals surface area contributed by atoms with E-state index in [1.807, 2.05) is 0 Å². The topological polar surface area (TPSA) is 55.1 Å². The molecule has 0 radical (unpaired) electrons. The molecule has 0 unspecified atom stereocenters. The Balaban J connectivity index is 2.75. The number of carbonyl (C=O) groups excluding carboxylic acids is 1. The van der Waals surface area contributed by atoms with Crippen molar-refractivity contribution < 1.29 is 4.79 Å². The van der Waals surface area contributed by atoms with Crippen molar-refractivity contribution >= 4 is 23.2 Å². The van der Waals surface area contributed by atoms with E-state index in [1.54, 1.807) is 18.2 Å². The van der Waals surface area contributed by atoms with Crippen LogP contribution >= 0.6 is 11.6 Å². The van der Waals surface area contributed by atoms with Crippen LogP contribution in [0.3, 0.4) is 0 Å². The van der Waals surface area contributed by atoms with E-state index in [9.17, 15) is 4.79 Å². The fourth-order valence-electron chi connectivity index (χ4n) is 1.37. The maximum atomic E-state index is 11.2. The largest absolute Gasteiger partial charge is 0.384 e. The number of anilines is 1. The van der Waals surface area contributed by atoms with Crippen LogP contribution in [-0.2, 0) is 0 Å². The van der Waals surface area contributed by atoms with E-state index >= 15 is 0 Å². The van der Waals surface area contributed by atoms with Gasteiger partial charge in [-0.1, -0.05) is 25.4 Å². The minimum atomic E-state index is -0.463. The van der Waals surface area contributed by atoms with Crippen LogP contribution < -0.4 is 11.1 Å². The predicted molar refractivity (Wildman–Crippen MR) is 67.9 cm³/mol. The van der Waals surface area contributed by atoms with E-state index in [0.717, 1.165) is 18.7 Å². The van der Waals surface area contributed by atoms with Crippen LogP contribution in [0.25, 0.3) is 0 Å². The molecule has 0 atom stereocenters. The molecule has 0 spiro atoms. The molecular weight excluding hydrogens is 224 g/mol. The van der Waals surface area contributed by atoms with Gasteiger partial charge in [0.1, 0.15) is 0 Å². The number of halogens is 1. The number of hydrogen-bond donors (Lipinski definition) is 2. The predicted octanol–water partition coefficient (Wildman–Crippen LogP) is 2.90. The van der Waals surface area contributed by atoms with Crippen LogP contribution in [0.4, 0.5) is 5.69 Å². The molecule has 0 aliphatic rings. The van der Waals surface area contributed by atoms with Crippen LogP contribution in [0.2, 0.25) is 5.02 Å². The van der Waals surface area contributed by atoms with E-state index in [2.05, 4.69) is 19.2 Å². The third-order valence-corrected chi connectivity index (χ3v) is 2.52. The lowest BCUT2D eigenvalue weighted by Crippen LogP contribution is -2.15. The Kier molecular flexibility index (Phi) is 4.62. The summed E-state index contributed by atoms with van der Waals surface area (Å²) >= 11 is 5.81. The Morgan fingerprint density at radius 2 is 2.19 bits per heavy atom. The summed E-state index contributed by atoms with van der Waals surface area (Å²) in [6.45, 7) is 5.12. The molecule has 88 valence electrons. The molecule has 0 aromatic heterocycles. The second kappa shape index (κ2) is 5.75. The number of nitrogens with two attached hydrogens (primary N) is 1. The molecule has 1 aromatic rings. The van der Waals surface area contributed by atoms with Gasteiger partial charge < -0.3 is 11.1 Å². The highest BCUT2D eigenvalue weighted by atomic mass is 35.5. The Morgan fingerprint density at radius 3 is 2.75 bits per heavy atom. The third-order valence-electron chi connectivity index (χ3n) is 2.28. The molecule has 1 amide bonds. The first-order valence-corrected chi connectivity index (χ1v) is 5.71. The SMILES string of the molecule is CC(C)CCNc1ccc(Cl)cc1C(N)=O. The second-order valence-corrected chi connectivity index (χ2v) is 4.60. The highest BCUT2D eigenvalue weighted by Crippen LogP contribution is 2.20. The monoisotopic (exact) mass is 240 g/mol. The Hall–Kier alpha value is -1.22. The van der Waals surface area contributed by atoms with Crippen LogP contribution in [0, 0.1) is 5.92 Å². The van der Waals surface area contributed by atoms with E-state index in [0.29, 0.717) is 16.5 Å². The number of carbonyl (C=O) groups is 1. The number of benzene rings is 1. The van der Waals surface area contributed by atoms with Gasteiger partial charge in [0.2, 0.25) is 0 Å². The van der Waals surface area contributed by atoms with Crippen molar-refractivity contribution in [2.75, 3.05) is 11.9 Å². The average molecular weight is 241 g/mol. The van der Waals surface area contributed by atoms with Gasteiger partial charge in [0.25, 0.3) is 5.91 Å². The standard InChI is InChI=1S/C12H17ClN2O/c1-8(2)5-6-15-11-4-3-9(13)7-10(11)12(14)16/h3-4,7-8,15H,5-6H2,1-2H3,(H2,14,16).